The fourth-order valence-corrected chi connectivity index (χ4v) is 2.30. The summed E-state index contributed by atoms with van der Waals surface area (Å²) in [5.41, 5.74) is 0.581. The minimum absolute atomic E-state index is 0.251. The van der Waals surface area contributed by atoms with Gasteiger partial charge in [0.2, 0.25) is 0 Å². The molecule has 0 radical (unpaired) electrons. The van der Waals surface area contributed by atoms with Crippen molar-refractivity contribution < 1.29 is 13.2 Å². The number of hydrogen-bond acceptors (Lipinski definition) is 3. The number of thiazole rings is 1. The molecule has 1 aromatic heterocycles. The van der Waals surface area contributed by atoms with E-state index in [1.54, 1.807) is 0 Å². The van der Waals surface area contributed by atoms with E-state index < -0.39 is 11.2 Å². The minimum atomic E-state index is -4.33. The van der Waals surface area contributed by atoms with E-state index in [-0.39, 0.29) is 6.04 Å². The normalized spacial score (nSPS) is 12.4. The summed E-state index contributed by atoms with van der Waals surface area (Å²) < 4.78 is 37.6. The van der Waals surface area contributed by atoms with Crippen molar-refractivity contribution in [3.63, 3.8) is 0 Å². The molecule has 2 nitrogen and oxygen atoms in total. The van der Waals surface area contributed by atoms with Gasteiger partial charge in [0, 0.05) is 17.5 Å². The smallest absolute Gasteiger partial charge is 0.310 e. The van der Waals surface area contributed by atoms with Crippen LogP contribution < -0.4 is 5.32 Å². The molecule has 0 spiro atoms. The van der Waals surface area contributed by atoms with Crippen molar-refractivity contribution in [2.75, 3.05) is 0 Å². The second kappa shape index (κ2) is 5.82. The summed E-state index contributed by atoms with van der Waals surface area (Å²) in [7, 11) is 0. The molecule has 1 aromatic rings. The highest BCUT2D eigenvalue weighted by atomic mass is 32.1. The first-order valence-electron chi connectivity index (χ1n) is 5.63. The molecule has 0 bridgehead atoms. The van der Waals surface area contributed by atoms with Gasteiger partial charge in [-0.15, -0.1) is 11.3 Å². The lowest BCUT2D eigenvalue weighted by molar-refractivity contribution is -0.137. The predicted molar refractivity (Wildman–Crippen MR) is 63.1 cm³/mol. The molecule has 0 saturated heterocycles. The molecule has 0 amide bonds. The monoisotopic (exact) mass is 266 g/mol. The Kier molecular flexibility index (Phi) is 4.94. The van der Waals surface area contributed by atoms with Crippen molar-refractivity contribution in [3.8, 4) is 0 Å². The summed E-state index contributed by atoms with van der Waals surface area (Å²) >= 11 is 0.750. The Morgan fingerprint density at radius 1 is 1.35 bits per heavy atom. The average Bonchev–Trinajstić information content (AvgIpc) is 2.58. The molecule has 0 fully saturated rings. The predicted octanol–water partition coefficient (Wildman–Crippen LogP) is 3.61. The van der Waals surface area contributed by atoms with Gasteiger partial charge in [0.15, 0.2) is 5.01 Å². The zero-order valence-electron chi connectivity index (χ0n) is 10.2. The van der Waals surface area contributed by atoms with E-state index in [4.69, 9.17) is 0 Å². The molecule has 0 atom stereocenters. The van der Waals surface area contributed by atoms with Crippen LogP contribution in [-0.2, 0) is 19.1 Å². The van der Waals surface area contributed by atoms with E-state index in [2.05, 4.69) is 10.3 Å². The second-order valence-corrected chi connectivity index (χ2v) is 5.26. The van der Waals surface area contributed by atoms with E-state index in [1.165, 1.54) is 0 Å². The van der Waals surface area contributed by atoms with Gasteiger partial charge < -0.3 is 5.32 Å². The van der Waals surface area contributed by atoms with E-state index in [0.29, 0.717) is 23.5 Å². The van der Waals surface area contributed by atoms with E-state index in [1.807, 2.05) is 20.8 Å². The SMILES string of the molecule is CCCc1nc(C(F)(F)F)sc1CNC(C)C. The molecule has 1 rings (SSSR count). The Morgan fingerprint density at radius 2 is 2.00 bits per heavy atom. The maximum Gasteiger partial charge on any atom is 0.443 e. The molecule has 0 aliphatic heterocycles. The molecule has 98 valence electrons. The van der Waals surface area contributed by atoms with Gasteiger partial charge in [-0.2, -0.15) is 13.2 Å². The number of alkyl halides is 3. The molecule has 6 heteroatoms. The number of halogens is 3. The first kappa shape index (κ1) is 14.4. The third kappa shape index (κ3) is 4.27. The maximum atomic E-state index is 12.5. The van der Waals surface area contributed by atoms with Crippen LogP contribution in [-0.4, -0.2) is 11.0 Å². The third-order valence-electron chi connectivity index (χ3n) is 2.18. The fraction of sp³-hybridized carbons (Fsp3) is 0.727. The highest BCUT2D eigenvalue weighted by Crippen LogP contribution is 2.34. The van der Waals surface area contributed by atoms with Crippen LogP contribution in [0.4, 0.5) is 13.2 Å². The summed E-state index contributed by atoms with van der Waals surface area (Å²) in [6.45, 7) is 6.32. The number of hydrogen-bond donors (Lipinski definition) is 1. The van der Waals surface area contributed by atoms with Crippen LogP contribution in [0.25, 0.3) is 0 Å². The number of aromatic nitrogens is 1. The van der Waals surface area contributed by atoms with Crippen molar-refractivity contribution in [3.05, 3.63) is 15.6 Å². The Hall–Kier alpha value is -0.620. The van der Waals surface area contributed by atoms with Gasteiger partial charge in [0.1, 0.15) is 0 Å². The number of rotatable bonds is 5. The lowest BCUT2D eigenvalue weighted by atomic mass is 10.2. The first-order valence-corrected chi connectivity index (χ1v) is 6.45. The van der Waals surface area contributed by atoms with Crippen molar-refractivity contribution in [1.29, 1.82) is 0 Å². The highest BCUT2D eigenvalue weighted by molar-refractivity contribution is 7.11. The topological polar surface area (TPSA) is 24.9 Å². The van der Waals surface area contributed by atoms with E-state index in [0.717, 1.165) is 17.8 Å². The zero-order valence-corrected chi connectivity index (χ0v) is 11.0. The molecule has 1 N–H and O–H groups in total. The molecular weight excluding hydrogens is 249 g/mol. The van der Waals surface area contributed by atoms with E-state index in [9.17, 15) is 13.2 Å². The molecule has 0 aliphatic rings. The minimum Gasteiger partial charge on any atom is -0.310 e. The number of nitrogens with zero attached hydrogens (tertiary/aromatic N) is 1. The van der Waals surface area contributed by atoms with Crippen LogP contribution in [0.1, 0.15) is 42.8 Å². The van der Waals surface area contributed by atoms with Gasteiger partial charge >= 0.3 is 6.18 Å². The second-order valence-electron chi connectivity index (χ2n) is 4.17. The van der Waals surface area contributed by atoms with Gasteiger partial charge in [-0.25, -0.2) is 4.98 Å². The van der Waals surface area contributed by atoms with Crippen LogP contribution in [0.3, 0.4) is 0 Å². The van der Waals surface area contributed by atoms with Gasteiger partial charge in [0.05, 0.1) is 5.69 Å². The summed E-state index contributed by atoms with van der Waals surface area (Å²) in [5.74, 6) is 0. The van der Waals surface area contributed by atoms with Crippen molar-refractivity contribution in [1.82, 2.24) is 10.3 Å². The van der Waals surface area contributed by atoms with Crippen molar-refractivity contribution in [2.24, 2.45) is 0 Å². The summed E-state index contributed by atoms with van der Waals surface area (Å²) in [6, 6.07) is 0.251. The zero-order chi connectivity index (χ0) is 13.1. The van der Waals surface area contributed by atoms with Crippen LogP contribution in [0, 0.1) is 0 Å². The maximum absolute atomic E-state index is 12.5. The Labute approximate surface area is 103 Å². The molecule has 0 aromatic carbocycles. The van der Waals surface area contributed by atoms with Gasteiger partial charge in [-0.1, -0.05) is 27.2 Å². The quantitative estimate of drug-likeness (QED) is 0.880. The Morgan fingerprint density at radius 3 is 2.47 bits per heavy atom. The Balaban J connectivity index is 2.89. The summed E-state index contributed by atoms with van der Waals surface area (Å²) in [6.07, 6.45) is -2.93. The average molecular weight is 266 g/mol. The largest absolute Gasteiger partial charge is 0.443 e. The lowest BCUT2D eigenvalue weighted by Gasteiger charge is -2.07. The third-order valence-corrected chi connectivity index (χ3v) is 3.32. The van der Waals surface area contributed by atoms with Crippen molar-refractivity contribution in [2.45, 2.75) is 52.4 Å². The standard InChI is InChI=1S/C11H17F3N2S/c1-4-5-8-9(6-15-7(2)3)17-10(16-8)11(12,13)14/h7,15H,4-6H2,1-3H3. The lowest BCUT2D eigenvalue weighted by Crippen LogP contribution is -2.21. The number of nitrogens with one attached hydrogen (secondary N) is 1. The molecule has 17 heavy (non-hydrogen) atoms. The van der Waals surface area contributed by atoms with Crippen LogP contribution in [0.2, 0.25) is 0 Å². The Bertz CT molecular complexity index is 358. The van der Waals surface area contributed by atoms with Crippen molar-refractivity contribution >= 4 is 11.3 Å². The van der Waals surface area contributed by atoms with Gasteiger partial charge in [0.25, 0.3) is 0 Å². The molecule has 0 aliphatic carbocycles. The fourth-order valence-electron chi connectivity index (χ4n) is 1.37. The van der Waals surface area contributed by atoms with Gasteiger partial charge in [-0.05, 0) is 6.42 Å². The molecular formula is C11H17F3N2S. The number of aryl methyl sites for hydroxylation is 1. The molecule has 1 heterocycles. The van der Waals surface area contributed by atoms with E-state index >= 15 is 0 Å². The highest BCUT2D eigenvalue weighted by Gasteiger charge is 2.35. The summed E-state index contributed by atoms with van der Waals surface area (Å²) in [4.78, 5) is 4.40. The van der Waals surface area contributed by atoms with Crippen LogP contribution in [0.5, 0.6) is 0 Å². The van der Waals surface area contributed by atoms with Crippen LogP contribution >= 0.6 is 11.3 Å². The first-order chi connectivity index (χ1) is 7.84. The summed E-state index contributed by atoms with van der Waals surface area (Å²) in [5, 5.41) is 2.39. The molecule has 0 saturated carbocycles. The molecule has 0 unspecified atom stereocenters. The van der Waals surface area contributed by atoms with Gasteiger partial charge in [-0.3, -0.25) is 0 Å². The van der Waals surface area contributed by atoms with Crippen LogP contribution in [0.15, 0.2) is 0 Å².